The van der Waals surface area contributed by atoms with E-state index in [0.29, 0.717) is 28.0 Å². The standard InChI is InChI=1S/C27H33Cl3O5S.CH4/c1-27(2)34-15-19(35-27)14-33-26(32)25-9-7-20(36-25)4-3-5-21-22(24(31)13-23(21)30)8-6-16-10-17(28)12-18(29)11-16;/h7,9-12,19,21-24,31H,3-6,8,13-15H2,1-2H3;1H4/t19-,21-,22-,23-,24-;/m1./s1. The third kappa shape index (κ3) is 8.56. The van der Waals surface area contributed by atoms with Crippen molar-refractivity contribution in [3.8, 4) is 0 Å². The summed E-state index contributed by atoms with van der Waals surface area (Å²) in [6.07, 6.45) is 4.36. The average molecular weight is 592 g/mol. The Kier molecular flexibility index (Phi) is 11.2. The van der Waals surface area contributed by atoms with E-state index in [1.165, 1.54) is 11.3 Å². The Labute approximate surface area is 239 Å². The lowest BCUT2D eigenvalue weighted by Gasteiger charge is -2.23. The van der Waals surface area contributed by atoms with Gasteiger partial charge in [-0.05, 0) is 100 Å². The molecule has 1 aromatic heterocycles. The number of aliphatic hydroxyl groups is 1. The normalized spacial score (nSPS) is 26.7. The third-order valence-corrected chi connectivity index (χ3v) is 9.02. The summed E-state index contributed by atoms with van der Waals surface area (Å²) in [6.45, 7) is 4.29. The lowest BCUT2D eigenvalue weighted by atomic mass is 9.85. The third-order valence-electron chi connectivity index (χ3n) is 6.96. The zero-order valence-corrected chi connectivity index (χ0v) is 23.6. The molecule has 4 rings (SSSR count). The Bertz CT molecular complexity index is 1020. The van der Waals surface area contributed by atoms with Crippen molar-refractivity contribution < 1.29 is 24.1 Å². The first-order chi connectivity index (χ1) is 17.1. The number of thiophene rings is 1. The molecule has 2 aromatic rings. The fourth-order valence-corrected chi connectivity index (χ4v) is 7.25. The van der Waals surface area contributed by atoms with Crippen LogP contribution in [-0.4, -0.2) is 47.7 Å². The Morgan fingerprint density at radius 2 is 1.86 bits per heavy atom. The number of aryl methyl sites for hydroxylation is 2. The van der Waals surface area contributed by atoms with Gasteiger partial charge in [-0.1, -0.05) is 30.6 Å². The highest BCUT2D eigenvalue weighted by Gasteiger charge is 2.40. The van der Waals surface area contributed by atoms with Crippen molar-refractivity contribution in [3.05, 3.63) is 55.7 Å². The molecule has 1 aliphatic carbocycles. The molecule has 1 aliphatic heterocycles. The molecular formula is C28H37Cl3O5S. The smallest absolute Gasteiger partial charge is 0.348 e. The highest BCUT2D eigenvalue weighted by molar-refractivity contribution is 7.13. The molecule has 1 saturated carbocycles. The predicted octanol–water partition coefficient (Wildman–Crippen LogP) is 7.56. The van der Waals surface area contributed by atoms with Crippen LogP contribution in [0.1, 0.15) is 67.1 Å². The molecule has 2 aliphatic rings. The highest BCUT2D eigenvalue weighted by Crippen LogP contribution is 2.42. The van der Waals surface area contributed by atoms with Gasteiger partial charge in [-0.15, -0.1) is 22.9 Å². The van der Waals surface area contributed by atoms with Crippen molar-refractivity contribution >= 4 is 52.1 Å². The minimum absolute atomic E-state index is 0. The summed E-state index contributed by atoms with van der Waals surface area (Å²) >= 11 is 20.4. The molecule has 2 fully saturated rings. The summed E-state index contributed by atoms with van der Waals surface area (Å²) in [7, 11) is 0. The number of aliphatic hydroxyl groups excluding tert-OH is 1. The average Bonchev–Trinajstić information content (AvgIpc) is 3.48. The Hall–Kier alpha value is -0.860. The number of carbonyl (C=O) groups excluding carboxylic acids is 1. The van der Waals surface area contributed by atoms with Gasteiger partial charge in [0.2, 0.25) is 0 Å². The second-order valence-electron chi connectivity index (χ2n) is 10.2. The molecule has 0 amide bonds. The van der Waals surface area contributed by atoms with Crippen LogP contribution in [0, 0.1) is 11.8 Å². The fraction of sp³-hybridized carbons (Fsp3) is 0.607. The van der Waals surface area contributed by atoms with Gasteiger partial charge in [0.05, 0.1) is 12.7 Å². The first-order valence-corrected chi connectivity index (χ1v) is 14.5. The van der Waals surface area contributed by atoms with E-state index in [1.807, 2.05) is 38.1 Å². The fourth-order valence-electron chi connectivity index (χ4n) is 5.24. The zero-order chi connectivity index (χ0) is 25.9. The minimum Gasteiger partial charge on any atom is -0.459 e. The molecule has 0 spiro atoms. The number of ether oxygens (including phenoxy) is 3. The largest absolute Gasteiger partial charge is 0.459 e. The van der Waals surface area contributed by atoms with Crippen LogP contribution >= 0.6 is 46.1 Å². The first-order valence-electron chi connectivity index (χ1n) is 12.4. The van der Waals surface area contributed by atoms with E-state index in [9.17, 15) is 9.90 Å². The van der Waals surface area contributed by atoms with Crippen molar-refractivity contribution in [3.63, 3.8) is 0 Å². The van der Waals surface area contributed by atoms with Gasteiger partial charge in [-0.2, -0.15) is 0 Å². The van der Waals surface area contributed by atoms with Crippen LogP contribution in [0.3, 0.4) is 0 Å². The minimum atomic E-state index is -0.632. The quantitative estimate of drug-likeness (QED) is 0.228. The van der Waals surface area contributed by atoms with E-state index in [4.69, 9.17) is 49.0 Å². The van der Waals surface area contributed by atoms with Crippen molar-refractivity contribution in [2.24, 2.45) is 11.8 Å². The Morgan fingerprint density at radius 1 is 1.14 bits per heavy atom. The molecule has 2 heterocycles. The van der Waals surface area contributed by atoms with Crippen LogP contribution in [0.2, 0.25) is 10.0 Å². The second-order valence-corrected chi connectivity index (χ2v) is 12.8. The molecule has 37 heavy (non-hydrogen) atoms. The molecule has 0 radical (unpaired) electrons. The highest BCUT2D eigenvalue weighted by atomic mass is 35.5. The van der Waals surface area contributed by atoms with Crippen molar-refractivity contribution in [2.75, 3.05) is 13.2 Å². The first kappa shape index (κ1) is 30.7. The van der Waals surface area contributed by atoms with Gasteiger partial charge in [0.1, 0.15) is 17.6 Å². The molecule has 1 N–H and O–H groups in total. The maximum Gasteiger partial charge on any atom is 0.348 e. The van der Waals surface area contributed by atoms with Gasteiger partial charge >= 0.3 is 5.97 Å². The molecule has 9 heteroatoms. The maximum absolute atomic E-state index is 12.4. The van der Waals surface area contributed by atoms with Crippen LogP contribution in [0.4, 0.5) is 0 Å². The SMILES string of the molecule is C.CC1(C)OC[C@@H](COC(=O)c2ccc(CCC[C@@H]3[C@@H](CCc4cc(Cl)cc(Cl)c4)[C@H](O)C[C@H]3Cl)s2)O1. The van der Waals surface area contributed by atoms with Gasteiger partial charge < -0.3 is 19.3 Å². The van der Waals surface area contributed by atoms with Gasteiger partial charge in [0, 0.05) is 20.3 Å². The number of carbonyl (C=O) groups is 1. The lowest BCUT2D eigenvalue weighted by Crippen LogP contribution is -2.25. The topological polar surface area (TPSA) is 65.0 Å². The summed E-state index contributed by atoms with van der Waals surface area (Å²) in [4.78, 5) is 14.2. The molecular weight excluding hydrogens is 555 g/mol. The molecule has 5 atom stereocenters. The Balaban J connectivity index is 0.00000380. The number of hydrogen-bond acceptors (Lipinski definition) is 6. The van der Waals surface area contributed by atoms with E-state index in [2.05, 4.69) is 0 Å². The number of halogens is 3. The lowest BCUT2D eigenvalue weighted by molar-refractivity contribution is -0.142. The van der Waals surface area contributed by atoms with Crippen LogP contribution in [0.15, 0.2) is 30.3 Å². The maximum atomic E-state index is 12.4. The van der Waals surface area contributed by atoms with Gasteiger partial charge in [0.25, 0.3) is 0 Å². The summed E-state index contributed by atoms with van der Waals surface area (Å²) < 4.78 is 16.6. The van der Waals surface area contributed by atoms with E-state index < -0.39 is 11.9 Å². The molecule has 0 bridgehead atoms. The number of rotatable bonds is 10. The molecule has 1 saturated heterocycles. The van der Waals surface area contributed by atoms with Crippen LogP contribution in [-0.2, 0) is 27.1 Å². The van der Waals surface area contributed by atoms with E-state index in [-0.39, 0.29) is 43.3 Å². The predicted molar refractivity (Wildman–Crippen MR) is 151 cm³/mol. The monoisotopic (exact) mass is 590 g/mol. The van der Waals surface area contributed by atoms with E-state index in [0.717, 1.165) is 42.5 Å². The van der Waals surface area contributed by atoms with Gasteiger partial charge in [-0.3, -0.25) is 0 Å². The summed E-state index contributed by atoms with van der Waals surface area (Å²) in [5.74, 6) is -0.572. The van der Waals surface area contributed by atoms with E-state index in [1.54, 1.807) is 6.07 Å². The number of hydrogen-bond donors (Lipinski definition) is 1. The van der Waals surface area contributed by atoms with E-state index >= 15 is 0 Å². The summed E-state index contributed by atoms with van der Waals surface area (Å²) in [5.41, 5.74) is 1.07. The van der Waals surface area contributed by atoms with Crippen LogP contribution in [0.25, 0.3) is 0 Å². The zero-order valence-electron chi connectivity index (χ0n) is 20.6. The van der Waals surface area contributed by atoms with Crippen LogP contribution in [0.5, 0.6) is 0 Å². The van der Waals surface area contributed by atoms with Crippen LogP contribution < -0.4 is 0 Å². The van der Waals surface area contributed by atoms with Crippen molar-refractivity contribution in [2.45, 2.75) is 83.2 Å². The number of esters is 1. The Morgan fingerprint density at radius 3 is 2.54 bits per heavy atom. The second kappa shape index (κ2) is 13.5. The molecule has 206 valence electrons. The van der Waals surface area contributed by atoms with Gasteiger partial charge in [-0.25, -0.2) is 4.79 Å². The summed E-state index contributed by atoms with van der Waals surface area (Å²) in [6, 6.07) is 9.39. The summed E-state index contributed by atoms with van der Waals surface area (Å²) in [5, 5.41) is 11.9. The van der Waals surface area contributed by atoms with Gasteiger partial charge in [0.15, 0.2) is 5.79 Å². The molecule has 1 aromatic carbocycles. The van der Waals surface area contributed by atoms with Crippen molar-refractivity contribution in [1.29, 1.82) is 0 Å². The van der Waals surface area contributed by atoms with Crippen molar-refractivity contribution in [1.82, 2.24) is 0 Å². The molecule has 0 unspecified atom stereocenters. The number of benzene rings is 1. The number of alkyl halides is 1. The molecule has 5 nitrogen and oxygen atoms in total.